The third kappa shape index (κ3) is 2.22. The number of aromatic nitrogens is 2. The average molecular weight is 259 g/mol. The third-order valence-corrected chi connectivity index (χ3v) is 4.28. The summed E-state index contributed by atoms with van der Waals surface area (Å²) >= 11 is 0. The number of nitrogens with zero attached hydrogens (tertiary/aromatic N) is 4. The van der Waals surface area contributed by atoms with E-state index in [9.17, 15) is 4.79 Å². The van der Waals surface area contributed by atoms with Crippen LogP contribution in [0, 0.1) is 17.2 Å². The normalized spacial score (nSPS) is 32.8. The van der Waals surface area contributed by atoms with E-state index in [2.05, 4.69) is 22.2 Å². The molecule has 6 heteroatoms. The van der Waals surface area contributed by atoms with Crippen LogP contribution >= 0.6 is 0 Å². The summed E-state index contributed by atoms with van der Waals surface area (Å²) in [6.45, 7) is 4.30. The van der Waals surface area contributed by atoms with Crippen molar-refractivity contribution in [2.24, 2.45) is 5.92 Å². The SMILES string of the molecule is CC1CC2CCN1C[C@@H]2NC(=O)n1cc(C#N)cn1. The monoisotopic (exact) mass is 259 g/mol. The van der Waals surface area contributed by atoms with Crippen molar-refractivity contribution in [3.63, 3.8) is 0 Å². The Morgan fingerprint density at radius 1 is 1.63 bits per heavy atom. The number of fused-ring (bicyclic) bond motifs is 3. The first-order valence-electron chi connectivity index (χ1n) is 6.67. The minimum Gasteiger partial charge on any atom is -0.332 e. The lowest BCUT2D eigenvalue weighted by Crippen LogP contribution is -2.60. The standard InChI is InChI=1S/C13H17N5O/c1-9-4-11-2-3-17(9)8-12(11)16-13(19)18-7-10(5-14)6-15-18/h6-7,9,11-12H,2-4,8H2,1H3,(H,16,19)/t9?,11?,12-/m0/s1. The summed E-state index contributed by atoms with van der Waals surface area (Å²) in [6, 6.07) is 2.55. The van der Waals surface area contributed by atoms with Crippen LogP contribution in [0.2, 0.25) is 0 Å². The minimum atomic E-state index is -0.243. The summed E-state index contributed by atoms with van der Waals surface area (Å²) in [5.41, 5.74) is 0.401. The van der Waals surface area contributed by atoms with Crippen molar-refractivity contribution in [2.45, 2.75) is 31.8 Å². The fraction of sp³-hybridized carbons (Fsp3) is 0.615. The molecule has 4 heterocycles. The van der Waals surface area contributed by atoms with Gasteiger partial charge in [-0.3, -0.25) is 4.90 Å². The lowest BCUT2D eigenvalue weighted by Gasteiger charge is -2.48. The molecule has 0 radical (unpaired) electrons. The molecule has 3 saturated heterocycles. The van der Waals surface area contributed by atoms with Crippen molar-refractivity contribution in [3.8, 4) is 6.07 Å². The number of hydrogen-bond acceptors (Lipinski definition) is 4. The van der Waals surface area contributed by atoms with E-state index in [4.69, 9.17) is 5.26 Å². The molecule has 6 nitrogen and oxygen atoms in total. The van der Waals surface area contributed by atoms with E-state index < -0.39 is 0 Å². The fourth-order valence-electron chi connectivity index (χ4n) is 3.18. The van der Waals surface area contributed by atoms with Crippen LogP contribution in [0.15, 0.2) is 12.4 Å². The number of hydrogen-bond donors (Lipinski definition) is 1. The molecule has 4 rings (SSSR count). The van der Waals surface area contributed by atoms with Gasteiger partial charge in [-0.05, 0) is 32.2 Å². The van der Waals surface area contributed by atoms with Gasteiger partial charge in [-0.25, -0.2) is 4.79 Å². The molecule has 1 N–H and O–H groups in total. The highest BCUT2D eigenvalue weighted by molar-refractivity contribution is 5.76. The Hall–Kier alpha value is -1.87. The summed E-state index contributed by atoms with van der Waals surface area (Å²) < 4.78 is 1.21. The van der Waals surface area contributed by atoms with Crippen molar-refractivity contribution in [1.82, 2.24) is 20.0 Å². The van der Waals surface area contributed by atoms with Crippen LogP contribution in [-0.4, -0.2) is 45.9 Å². The highest BCUT2D eigenvalue weighted by Gasteiger charge is 2.38. The molecule has 1 amide bonds. The Kier molecular flexibility index (Phi) is 2.99. The molecule has 100 valence electrons. The van der Waals surface area contributed by atoms with Crippen LogP contribution in [0.1, 0.15) is 25.3 Å². The van der Waals surface area contributed by atoms with Gasteiger partial charge in [0, 0.05) is 18.6 Å². The smallest absolute Gasteiger partial charge is 0.332 e. The van der Waals surface area contributed by atoms with Crippen molar-refractivity contribution in [3.05, 3.63) is 18.0 Å². The zero-order valence-electron chi connectivity index (χ0n) is 10.9. The van der Waals surface area contributed by atoms with Crippen molar-refractivity contribution in [2.75, 3.05) is 13.1 Å². The molecule has 2 bridgehead atoms. The lowest BCUT2D eigenvalue weighted by atomic mass is 9.80. The van der Waals surface area contributed by atoms with Gasteiger partial charge in [0.15, 0.2) is 0 Å². The molecule has 0 aliphatic carbocycles. The molecule has 1 aromatic rings. The molecule has 1 aromatic heterocycles. The predicted octanol–water partition coefficient (Wildman–Crippen LogP) is 0.795. The van der Waals surface area contributed by atoms with Crippen LogP contribution in [-0.2, 0) is 0 Å². The summed E-state index contributed by atoms with van der Waals surface area (Å²) in [6.07, 6.45) is 5.16. The van der Waals surface area contributed by atoms with Crippen molar-refractivity contribution in [1.29, 1.82) is 5.26 Å². The molecular formula is C13H17N5O. The summed E-state index contributed by atoms with van der Waals surface area (Å²) in [5.74, 6) is 0.565. The molecule has 3 unspecified atom stereocenters. The maximum atomic E-state index is 12.1. The Morgan fingerprint density at radius 2 is 2.47 bits per heavy atom. The lowest BCUT2D eigenvalue weighted by molar-refractivity contribution is 0.0321. The number of rotatable bonds is 1. The molecule has 0 spiro atoms. The molecule has 0 saturated carbocycles. The van der Waals surface area contributed by atoms with Gasteiger partial charge in [-0.2, -0.15) is 15.0 Å². The maximum absolute atomic E-state index is 12.1. The molecule has 19 heavy (non-hydrogen) atoms. The highest BCUT2D eigenvalue weighted by atomic mass is 16.2. The Balaban J connectivity index is 1.66. The first-order chi connectivity index (χ1) is 9.17. The second kappa shape index (κ2) is 4.67. The molecule has 3 aliphatic rings. The zero-order chi connectivity index (χ0) is 13.4. The zero-order valence-corrected chi connectivity index (χ0v) is 10.9. The van der Waals surface area contributed by atoms with E-state index >= 15 is 0 Å². The van der Waals surface area contributed by atoms with E-state index in [1.54, 1.807) is 0 Å². The summed E-state index contributed by atoms with van der Waals surface area (Å²) in [4.78, 5) is 14.5. The van der Waals surface area contributed by atoms with Crippen LogP contribution in [0.5, 0.6) is 0 Å². The van der Waals surface area contributed by atoms with E-state index in [1.807, 2.05) is 6.07 Å². The fourth-order valence-corrected chi connectivity index (χ4v) is 3.18. The van der Waals surface area contributed by atoms with Gasteiger partial charge in [-0.15, -0.1) is 0 Å². The molecule has 3 aliphatic heterocycles. The van der Waals surface area contributed by atoms with Crippen LogP contribution < -0.4 is 5.32 Å². The van der Waals surface area contributed by atoms with Gasteiger partial charge >= 0.3 is 6.03 Å². The van der Waals surface area contributed by atoms with Crippen molar-refractivity contribution < 1.29 is 4.79 Å². The van der Waals surface area contributed by atoms with Gasteiger partial charge in [0.2, 0.25) is 0 Å². The largest absolute Gasteiger partial charge is 0.342 e. The second-order valence-electron chi connectivity index (χ2n) is 5.47. The van der Waals surface area contributed by atoms with Crippen LogP contribution in [0.4, 0.5) is 4.79 Å². The van der Waals surface area contributed by atoms with E-state index in [1.165, 1.54) is 17.1 Å². The number of piperidine rings is 3. The van der Waals surface area contributed by atoms with Gasteiger partial charge in [0.05, 0.1) is 18.0 Å². The molecule has 3 fully saturated rings. The number of nitriles is 1. The number of carbonyl (C=O) groups excluding carboxylic acids is 1. The van der Waals surface area contributed by atoms with Crippen molar-refractivity contribution >= 4 is 6.03 Å². The topological polar surface area (TPSA) is 74.0 Å². The maximum Gasteiger partial charge on any atom is 0.342 e. The van der Waals surface area contributed by atoms with Gasteiger partial charge in [-0.1, -0.05) is 0 Å². The minimum absolute atomic E-state index is 0.201. The number of carbonyl (C=O) groups is 1. The first kappa shape index (κ1) is 12.2. The molecular weight excluding hydrogens is 242 g/mol. The second-order valence-corrected chi connectivity index (χ2v) is 5.47. The summed E-state index contributed by atoms with van der Waals surface area (Å²) in [7, 11) is 0. The first-order valence-corrected chi connectivity index (χ1v) is 6.67. The molecule has 4 atom stereocenters. The Morgan fingerprint density at radius 3 is 3.05 bits per heavy atom. The van der Waals surface area contributed by atoms with E-state index in [0.29, 0.717) is 17.5 Å². The Labute approximate surface area is 112 Å². The van der Waals surface area contributed by atoms with Crippen LogP contribution in [0.3, 0.4) is 0 Å². The number of nitrogens with one attached hydrogen (secondary N) is 1. The molecule has 0 aromatic carbocycles. The Bertz CT molecular complexity index is 531. The van der Waals surface area contributed by atoms with Gasteiger partial charge < -0.3 is 5.32 Å². The predicted molar refractivity (Wildman–Crippen MR) is 68.4 cm³/mol. The van der Waals surface area contributed by atoms with Gasteiger partial charge in [0.25, 0.3) is 0 Å². The quantitative estimate of drug-likeness (QED) is 0.809. The van der Waals surface area contributed by atoms with Gasteiger partial charge in [0.1, 0.15) is 6.07 Å². The third-order valence-electron chi connectivity index (χ3n) is 4.28. The average Bonchev–Trinajstić information content (AvgIpc) is 2.89. The number of amides is 1. The van der Waals surface area contributed by atoms with E-state index in [-0.39, 0.29) is 12.1 Å². The van der Waals surface area contributed by atoms with Crippen LogP contribution in [0.25, 0.3) is 0 Å². The highest BCUT2D eigenvalue weighted by Crippen LogP contribution is 2.31. The summed E-state index contributed by atoms with van der Waals surface area (Å²) in [5, 5.41) is 15.7. The van der Waals surface area contributed by atoms with E-state index in [0.717, 1.165) is 25.9 Å².